The topological polar surface area (TPSA) is 42.7 Å². The lowest BCUT2D eigenvalue weighted by Crippen LogP contribution is -2.35. The molecule has 122 valence electrons. The average Bonchev–Trinajstić information content (AvgIpc) is 2.99. The van der Waals surface area contributed by atoms with Gasteiger partial charge in [0, 0.05) is 6.54 Å². The second-order valence-corrected chi connectivity index (χ2v) is 5.70. The molecule has 0 spiro atoms. The van der Waals surface area contributed by atoms with Gasteiger partial charge in [-0.25, -0.2) is 4.39 Å². The smallest absolute Gasteiger partial charge is 0.257 e. The van der Waals surface area contributed by atoms with Gasteiger partial charge in [-0.05, 0) is 37.1 Å². The van der Waals surface area contributed by atoms with E-state index >= 15 is 0 Å². The predicted molar refractivity (Wildman–Crippen MR) is 83.9 cm³/mol. The van der Waals surface area contributed by atoms with Crippen LogP contribution in [0.4, 0.5) is 4.39 Å². The van der Waals surface area contributed by atoms with Crippen LogP contribution in [0, 0.1) is 5.82 Å². The Morgan fingerprint density at radius 3 is 2.87 bits per heavy atom. The molecule has 1 amide bonds. The first-order valence-electron chi connectivity index (χ1n) is 7.89. The van der Waals surface area contributed by atoms with Crippen LogP contribution in [0.3, 0.4) is 0 Å². The Kier molecular flexibility index (Phi) is 4.65. The molecule has 5 heteroatoms. The fourth-order valence-electron chi connectivity index (χ4n) is 3.12. The summed E-state index contributed by atoms with van der Waals surface area (Å²) in [4.78, 5) is 14.7. The van der Waals surface area contributed by atoms with Gasteiger partial charge in [0.2, 0.25) is 0 Å². The Morgan fingerprint density at radius 2 is 2.13 bits per heavy atom. The zero-order chi connectivity index (χ0) is 16.2. The van der Waals surface area contributed by atoms with E-state index in [2.05, 4.69) is 0 Å². The molecule has 0 radical (unpaired) electrons. The molecule has 1 aromatic carbocycles. The quantitative estimate of drug-likeness (QED) is 0.852. The average molecular weight is 317 g/mol. The molecular formula is C18H20FNO3. The molecule has 1 unspecified atom stereocenters. The number of hydrogen-bond donors (Lipinski definition) is 0. The number of benzene rings is 1. The number of carbonyl (C=O) groups is 1. The SMILES string of the molecule is COc1cccc(C(=O)N2CCCCCC2c2ccco2)c1F. The molecule has 0 aliphatic carbocycles. The number of furan rings is 1. The fourth-order valence-corrected chi connectivity index (χ4v) is 3.12. The first kappa shape index (κ1) is 15.6. The van der Waals surface area contributed by atoms with Gasteiger partial charge >= 0.3 is 0 Å². The highest BCUT2D eigenvalue weighted by Crippen LogP contribution is 2.32. The highest BCUT2D eigenvalue weighted by atomic mass is 19.1. The van der Waals surface area contributed by atoms with Crippen LogP contribution in [0.25, 0.3) is 0 Å². The van der Waals surface area contributed by atoms with E-state index in [1.807, 2.05) is 12.1 Å². The number of methoxy groups -OCH3 is 1. The second kappa shape index (κ2) is 6.86. The van der Waals surface area contributed by atoms with Gasteiger partial charge in [-0.3, -0.25) is 4.79 Å². The Bertz CT molecular complexity index is 669. The van der Waals surface area contributed by atoms with Gasteiger partial charge in [0.05, 0.1) is 25.0 Å². The Balaban J connectivity index is 1.95. The third kappa shape index (κ3) is 3.09. The molecule has 2 heterocycles. The van der Waals surface area contributed by atoms with Crippen molar-refractivity contribution in [3.63, 3.8) is 0 Å². The van der Waals surface area contributed by atoms with E-state index in [1.54, 1.807) is 17.2 Å². The largest absolute Gasteiger partial charge is 0.494 e. The first-order chi connectivity index (χ1) is 11.2. The lowest BCUT2D eigenvalue weighted by molar-refractivity contribution is 0.0653. The van der Waals surface area contributed by atoms with Crippen LogP contribution in [0.2, 0.25) is 0 Å². The highest BCUT2D eigenvalue weighted by molar-refractivity contribution is 5.95. The summed E-state index contributed by atoms with van der Waals surface area (Å²) in [6.45, 7) is 0.598. The number of halogens is 1. The molecule has 1 aliphatic heterocycles. The van der Waals surface area contributed by atoms with E-state index < -0.39 is 5.82 Å². The van der Waals surface area contributed by atoms with E-state index in [0.29, 0.717) is 6.54 Å². The molecule has 23 heavy (non-hydrogen) atoms. The Labute approximate surface area is 134 Å². The lowest BCUT2D eigenvalue weighted by atomic mass is 10.1. The van der Waals surface area contributed by atoms with Gasteiger partial charge in [0.1, 0.15) is 5.76 Å². The maximum Gasteiger partial charge on any atom is 0.257 e. The van der Waals surface area contributed by atoms with Crippen LogP contribution in [0.5, 0.6) is 5.75 Å². The molecule has 1 atom stereocenters. The summed E-state index contributed by atoms with van der Waals surface area (Å²) in [5.74, 6) is -0.0871. The van der Waals surface area contributed by atoms with Crippen LogP contribution in [-0.4, -0.2) is 24.5 Å². The van der Waals surface area contributed by atoms with Crippen molar-refractivity contribution in [2.75, 3.05) is 13.7 Å². The number of amides is 1. The van der Waals surface area contributed by atoms with Crippen LogP contribution < -0.4 is 4.74 Å². The van der Waals surface area contributed by atoms with Crippen LogP contribution in [0.1, 0.15) is 47.8 Å². The molecule has 1 fully saturated rings. The van der Waals surface area contributed by atoms with Gasteiger partial charge in [-0.1, -0.05) is 18.9 Å². The van der Waals surface area contributed by atoms with E-state index in [-0.39, 0.29) is 23.3 Å². The lowest BCUT2D eigenvalue weighted by Gasteiger charge is -2.29. The molecule has 2 aromatic rings. The fraction of sp³-hybridized carbons (Fsp3) is 0.389. The molecule has 4 nitrogen and oxygen atoms in total. The van der Waals surface area contributed by atoms with Gasteiger partial charge in [0.15, 0.2) is 11.6 Å². The summed E-state index contributed by atoms with van der Waals surface area (Å²) in [7, 11) is 1.39. The predicted octanol–water partition coefficient (Wildman–Crippen LogP) is 4.18. The van der Waals surface area contributed by atoms with Gasteiger partial charge in [-0.15, -0.1) is 0 Å². The Hall–Kier alpha value is -2.30. The number of rotatable bonds is 3. The van der Waals surface area contributed by atoms with Crippen molar-refractivity contribution in [3.05, 3.63) is 53.7 Å². The van der Waals surface area contributed by atoms with Crippen molar-refractivity contribution in [2.24, 2.45) is 0 Å². The zero-order valence-corrected chi connectivity index (χ0v) is 13.1. The normalized spacial score (nSPS) is 18.5. The molecule has 1 aromatic heterocycles. The summed E-state index contributed by atoms with van der Waals surface area (Å²) in [5, 5.41) is 0. The molecule has 0 saturated carbocycles. The third-order valence-electron chi connectivity index (χ3n) is 4.30. The van der Waals surface area contributed by atoms with Crippen LogP contribution in [-0.2, 0) is 0 Å². The van der Waals surface area contributed by atoms with Crippen molar-refractivity contribution in [1.29, 1.82) is 0 Å². The standard InChI is InChI=1S/C18H20FNO3/c1-22-16-9-5-7-13(17(16)19)18(21)20-11-4-2-3-8-14(20)15-10-6-12-23-15/h5-7,9-10,12,14H,2-4,8,11H2,1H3. The van der Waals surface area contributed by atoms with Crippen molar-refractivity contribution < 1.29 is 18.3 Å². The summed E-state index contributed by atoms with van der Waals surface area (Å²) in [6.07, 6.45) is 5.42. The summed E-state index contributed by atoms with van der Waals surface area (Å²) in [6, 6.07) is 8.19. The number of nitrogens with zero attached hydrogens (tertiary/aromatic N) is 1. The molecular weight excluding hydrogens is 297 g/mol. The first-order valence-corrected chi connectivity index (χ1v) is 7.89. The highest BCUT2D eigenvalue weighted by Gasteiger charge is 2.31. The minimum atomic E-state index is -0.609. The van der Waals surface area contributed by atoms with Crippen LogP contribution in [0.15, 0.2) is 41.0 Å². The van der Waals surface area contributed by atoms with Crippen LogP contribution >= 0.6 is 0 Å². The molecule has 1 aliphatic rings. The number of ether oxygens (including phenoxy) is 1. The summed E-state index contributed by atoms with van der Waals surface area (Å²) in [5.41, 5.74) is 0.0443. The summed E-state index contributed by atoms with van der Waals surface area (Å²) < 4.78 is 24.9. The van der Waals surface area contributed by atoms with E-state index in [9.17, 15) is 9.18 Å². The van der Waals surface area contributed by atoms with Crippen molar-refractivity contribution >= 4 is 5.91 Å². The van der Waals surface area contributed by atoms with E-state index in [1.165, 1.54) is 19.2 Å². The van der Waals surface area contributed by atoms with Crippen molar-refractivity contribution in [3.8, 4) is 5.75 Å². The van der Waals surface area contributed by atoms with E-state index in [4.69, 9.17) is 9.15 Å². The van der Waals surface area contributed by atoms with Gasteiger partial charge in [-0.2, -0.15) is 0 Å². The van der Waals surface area contributed by atoms with Crippen molar-refractivity contribution in [2.45, 2.75) is 31.7 Å². The molecule has 1 saturated heterocycles. The maximum atomic E-state index is 14.5. The minimum Gasteiger partial charge on any atom is -0.494 e. The second-order valence-electron chi connectivity index (χ2n) is 5.70. The number of carbonyl (C=O) groups excluding carboxylic acids is 1. The maximum absolute atomic E-state index is 14.5. The zero-order valence-electron chi connectivity index (χ0n) is 13.1. The number of likely N-dealkylation sites (tertiary alicyclic amines) is 1. The molecule has 0 N–H and O–H groups in total. The third-order valence-corrected chi connectivity index (χ3v) is 4.30. The minimum absolute atomic E-state index is 0.0443. The summed E-state index contributed by atoms with van der Waals surface area (Å²) >= 11 is 0. The van der Waals surface area contributed by atoms with E-state index in [0.717, 1.165) is 31.4 Å². The molecule has 0 bridgehead atoms. The van der Waals surface area contributed by atoms with Crippen molar-refractivity contribution in [1.82, 2.24) is 4.90 Å². The van der Waals surface area contributed by atoms with Gasteiger partial charge in [0.25, 0.3) is 5.91 Å². The number of hydrogen-bond acceptors (Lipinski definition) is 3. The Morgan fingerprint density at radius 1 is 1.26 bits per heavy atom. The van der Waals surface area contributed by atoms with Gasteiger partial charge < -0.3 is 14.1 Å². The monoisotopic (exact) mass is 317 g/mol. The molecule has 3 rings (SSSR count).